The molecular weight excluding hydrogens is 286 g/mol. The van der Waals surface area contributed by atoms with Crippen molar-refractivity contribution in [1.82, 2.24) is 9.78 Å². The number of carbonyl (C=O) groups excluding carboxylic acids is 1. The average Bonchev–Trinajstić information content (AvgIpc) is 2.81. The number of hydrogen-bond acceptors (Lipinski definition) is 2. The number of anilines is 1. The quantitative estimate of drug-likeness (QED) is 0.922. The highest BCUT2D eigenvalue weighted by Gasteiger charge is 2.27. The summed E-state index contributed by atoms with van der Waals surface area (Å²) in [4.78, 5) is 12.3. The fourth-order valence-electron chi connectivity index (χ4n) is 2.62. The molecule has 1 saturated carbocycles. The third kappa shape index (κ3) is 3.31. The lowest BCUT2D eigenvalue weighted by Crippen LogP contribution is -2.28. The highest BCUT2D eigenvalue weighted by atomic mass is 16.2. The molecule has 0 aliphatic heterocycles. The molecule has 0 atom stereocenters. The Labute approximate surface area is 137 Å². The molecule has 23 heavy (non-hydrogen) atoms. The number of nitrogens with one attached hydrogen (secondary N) is 1. The summed E-state index contributed by atoms with van der Waals surface area (Å²) >= 11 is 0. The molecule has 0 bridgehead atoms. The van der Waals surface area contributed by atoms with E-state index in [1.807, 2.05) is 22.9 Å². The Bertz CT molecular complexity index is 703. The molecule has 1 aromatic carbocycles. The number of carbonyl (C=O) groups is 1. The predicted molar refractivity (Wildman–Crippen MR) is 93.0 cm³/mol. The van der Waals surface area contributed by atoms with Crippen LogP contribution < -0.4 is 5.32 Å². The monoisotopic (exact) mass is 311 g/mol. The molecule has 4 nitrogen and oxygen atoms in total. The summed E-state index contributed by atoms with van der Waals surface area (Å²) in [5.74, 6) is 1.04. The third-order valence-corrected chi connectivity index (χ3v) is 4.48. The molecular formula is C19H25N3O. The van der Waals surface area contributed by atoms with Gasteiger partial charge in [-0.3, -0.25) is 4.79 Å². The Kier molecular flexibility index (Phi) is 4.00. The molecule has 0 radical (unpaired) electrons. The second-order valence-corrected chi connectivity index (χ2v) is 7.53. The highest BCUT2D eigenvalue weighted by molar-refractivity contribution is 5.92. The summed E-state index contributed by atoms with van der Waals surface area (Å²) < 4.78 is 1.84. The minimum absolute atomic E-state index is 0.0636. The van der Waals surface area contributed by atoms with Crippen molar-refractivity contribution in [2.45, 2.75) is 52.4 Å². The number of hydrogen-bond donors (Lipinski definition) is 1. The predicted octanol–water partition coefficient (Wildman–Crippen LogP) is 4.22. The molecule has 0 saturated heterocycles. The van der Waals surface area contributed by atoms with E-state index in [4.69, 9.17) is 5.10 Å². The van der Waals surface area contributed by atoms with Crippen molar-refractivity contribution < 1.29 is 4.79 Å². The summed E-state index contributed by atoms with van der Waals surface area (Å²) in [5.41, 5.74) is 3.08. The van der Waals surface area contributed by atoms with E-state index in [0.717, 1.165) is 36.5 Å². The largest absolute Gasteiger partial charge is 0.310 e. The molecule has 122 valence electrons. The number of benzene rings is 1. The van der Waals surface area contributed by atoms with Gasteiger partial charge >= 0.3 is 0 Å². The van der Waals surface area contributed by atoms with Crippen LogP contribution in [0.4, 0.5) is 5.82 Å². The first kappa shape index (κ1) is 15.8. The Morgan fingerprint density at radius 3 is 2.39 bits per heavy atom. The van der Waals surface area contributed by atoms with Crippen molar-refractivity contribution in [2.75, 3.05) is 5.32 Å². The second kappa shape index (κ2) is 5.84. The van der Waals surface area contributed by atoms with Crippen LogP contribution in [-0.2, 0) is 10.2 Å². The minimum atomic E-state index is -0.0636. The maximum Gasteiger partial charge on any atom is 0.228 e. The molecule has 3 rings (SSSR count). The van der Waals surface area contributed by atoms with Gasteiger partial charge in [0.2, 0.25) is 5.91 Å². The lowest BCUT2D eigenvalue weighted by atomic mass is 9.85. The van der Waals surface area contributed by atoms with Crippen molar-refractivity contribution in [1.29, 1.82) is 0 Å². The first-order valence-corrected chi connectivity index (χ1v) is 8.33. The van der Waals surface area contributed by atoms with Gasteiger partial charge in [0.1, 0.15) is 5.82 Å². The molecule has 4 heteroatoms. The summed E-state index contributed by atoms with van der Waals surface area (Å²) in [6.07, 6.45) is 3.15. The normalized spacial score (nSPS) is 15.3. The molecule has 0 unspecified atom stereocenters. The second-order valence-electron chi connectivity index (χ2n) is 7.53. The highest BCUT2D eigenvalue weighted by Crippen LogP contribution is 2.30. The molecule has 1 amide bonds. The van der Waals surface area contributed by atoms with Crippen LogP contribution in [0, 0.1) is 12.8 Å². The van der Waals surface area contributed by atoms with Gasteiger partial charge in [0, 0.05) is 17.4 Å². The van der Waals surface area contributed by atoms with E-state index >= 15 is 0 Å². The molecule has 1 N–H and O–H groups in total. The zero-order chi connectivity index (χ0) is 16.6. The first-order chi connectivity index (χ1) is 10.8. The van der Waals surface area contributed by atoms with Gasteiger partial charge in [-0.2, -0.15) is 5.10 Å². The van der Waals surface area contributed by atoms with Crippen LogP contribution >= 0.6 is 0 Å². The van der Waals surface area contributed by atoms with Crippen molar-refractivity contribution in [3.8, 4) is 5.69 Å². The summed E-state index contributed by atoms with van der Waals surface area (Å²) in [7, 11) is 0. The van der Waals surface area contributed by atoms with Gasteiger partial charge in [-0.1, -0.05) is 44.9 Å². The van der Waals surface area contributed by atoms with Crippen LogP contribution in [-0.4, -0.2) is 15.7 Å². The maximum absolute atomic E-state index is 12.3. The fraction of sp³-hybridized carbons (Fsp3) is 0.474. The Morgan fingerprint density at radius 1 is 1.22 bits per heavy atom. The summed E-state index contributed by atoms with van der Waals surface area (Å²) in [5, 5.41) is 7.82. The fourth-order valence-corrected chi connectivity index (χ4v) is 2.62. The third-order valence-electron chi connectivity index (χ3n) is 4.48. The summed E-state index contributed by atoms with van der Waals surface area (Å²) in [6.45, 7) is 8.46. The van der Waals surface area contributed by atoms with Gasteiger partial charge in [-0.05, 0) is 31.9 Å². The number of rotatable bonds is 3. The van der Waals surface area contributed by atoms with Crippen molar-refractivity contribution in [2.24, 2.45) is 5.92 Å². The number of aryl methyl sites for hydroxylation is 1. The Morgan fingerprint density at radius 2 is 1.87 bits per heavy atom. The van der Waals surface area contributed by atoms with E-state index < -0.39 is 0 Å². The molecule has 2 aromatic rings. The van der Waals surface area contributed by atoms with Gasteiger partial charge in [-0.15, -0.1) is 0 Å². The van der Waals surface area contributed by atoms with E-state index in [1.165, 1.54) is 5.56 Å². The van der Waals surface area contributed by atoms with E-state index in [2.05, 4.69) is 45.1 Å². The standard InChI is InChI=1S/C19H25N3O/c1-13-8-10-15(11-9-13)22-17(12-16(21-22)19(2,3)4)20-18(23)14-6-5-7-14/h8-12,14H,5-7H2,1-4H3,(H,20,23). The van der Waals surface area contributed by atoms with Crippen LogP contribution in [0.5, 0.6) is 0 Å². The van der Waals surface area contributed by atoms with Crippen LogP contribution in [0.1, 0.15) is 51.3 Å². The lowest BCUT2D eigenvalue weighted by molar-refractivity contribution is -0.122. The smallest absolute Gasteiger partial charge is 0.228 e. The molecule has 1 fully saturated rings. The van der Waals surface area contributed by atoms with E-state index in [9.17, 15) is 4.79 Å². The molecule has 1 aliphatic rings. The van der Waals surface area contributed by atoms with Gasteiger partial charge in [0.05, 0.1) is 11.4 Å². The van der Waals surface area contributed by atoms with E-state index in [-0.39, 0.29) is 17.2 Å². The maximum atomic E-state index is 12.3. The Hall–Kier alpha value is -2.10. The number of amides is 1. The summed E-state index contributed by atoms with van der Waals surface area (Å²) in [6, 6.07) is 10.2. The number of nitrogens with zero attached hydrogens (tertiary/aromatic N) is 2. The molecule has 1 heterocycles. The first-order valence-electron chi connectivity index (χ1n) is 8.33. The number of aromatic nitrogens is 2. The van der Waals surface area contributed by atoms with Crippen LogP contribution in [0.3, 0.4) is 0 Å². The van der Waals surface area contributed by atoms with E-state index in [1.54, 1.807) is 0 Å². The van der Waals surface area contributed by atoms with Crippen molar-refractivity contribution >= 4 is 11.7 Å². The molecule has 1 aliphatic carbocycles. The molecule has 1 aromatic heterocycles. The Balaban J connectivity index is 1.96. The average molecular weight is 311 g/mol. The minimum Gasteiger partial charge on any atom is -0.310 e. The van der Waals surface area contributed by atoms with Crippen molar-refractivity contribution in [3.63, 3.8) is 0 Å². The van der Waals surface area contributed by atoms with Gasteiger partial charge in [0.15, 0.2) is 0 Å². The van der Waals surface area contributed by atoms with Crippen molar-refractivity contribution in [3.05, 3.63) is 41.6 Å². The zero-order valence-corrected chi connectivity index (χ0v) is 14.4. The van der Waals surface area contributed by atoms with Crippen LogP contribution in [0.15, 0.2) is 30.3 Å². The van der Waals surface area contributed by atoms with Crippen LogP contribution in [0.25, 0.3) is 5.69 Å². The SMILES string of the molecule is Cc1ccc(-n2nc(C(C)(C)C)cc2NC(=O)C2CCC2)cc1. The van der Waals surface area contributed by atoms with Gasteiger partial charge in [-0.25, -0.2) is 4.68 Å². The molecule has 0 spiro atoms. The lowest BCUT2D eigenvalue weighted by Gasteiger charge is -2.24. The van der Waals surface area contributed by atoms with Crippen LogP contribution in [0.2, 0.25) is 0 Å². The van der Waals surface area contributed by atoms with Gasteiger partial charge < -0.3 is 5.32 Å². The van der Waals surface area contributed by atoms with Gasteiger partial charge in [0.25, 0.3) is 0 Å². The van der Waals surface area contributed by atoms with E-state index in [0.29, 0.717) is 0 Å². The zero-order valence-electron chi connectivity index (χ0n) is 14.4. The topological polar surface area (TPSA) is 46.9 Å².